The Morgan fingerprint density at radius 1 is 1.19 bits per heavy atom. The van der Waals surface area contributed by atoms with Gasteiger partial charge in [0.1, 0.15) is 17.8 Å². The summed E-state index contributed by atoms with van der Waals surface area (Å²) in [5, 5.41) is 8.26. The predicted octanol–water partition coefficient (Wildman–Crippen LogP) is 3.12. The van der Waals surface area contributed by atoms with Gasteiger partial charge in [0.05, 0.1) is 35.5 Å². The summed E-state index contributed by atoms with van der Waals surface area (Å²) in [4.78, 5) is 14.5. The molecular weight excluding hydrogens is 343 g/mol. The molecule has 0 N–H and O–H groups in total. The first-order valence-corrected chi connectivity index (χ1v) is 8.75. The average molecular weight is 359 g/mol. The van der Waals surface area contributed by atoms with Crippen LogP contribution in [0, 0.1) is 11.6 Å². The Morgan fingerprint density at radius 2 is 1.92 bits per heavy atom. The van der Waals surface area contributed by atoms with Gasteiger partial charge in [-0.05, 0) is 48.9 Å². The van der Waals surface area contributed by atoms with E-state index in [0.717, 1.165) is 12.0 Å². The molecule has 7 heteroatoms. The maximum absolute atomic E-state index is 14.1. The van der Waals surface area contributed by atoms with Gasteiger partial charge in [-0.3, -0.25) is 4.79 Å². The lowest BCUT2D eigenvalue weighted by Crippen LogP contribution is -2.57. The maximum atomic E-state index is 14.1. The molecule has 2 aliphatic carbocycles. The van der Waals surface area contributed by atoms with Crippen molar-refractivity contribution in [3.63, 3.8) is 0 Å². The topological polar surface area (TPSA) is 46.1 Å². The summed E-state index contributed by atoms with van der Waals surface area (Å²) in [6.07, 6.45) is 1.15. The lowest BCUT2D eigenvalue weighted by atomic mass is 9.80. The highest BCUT2D eigenvalue weighted by Crippen LogP contribution is 2.57. The predicted molar refractivity (Wildman–Crippen MR) is 87.1 cm³/mol. The number of likely N-dealkylation sites (tertiary alicyclic amines) is 1. The van der Waals surface area contributed by atoms with E-state index in [-0.39, 0.29) is 36.2 Å². The van der Waals surface area contributed by atoms with Crippen LogP contribution in [-0.2, 0) is 10.2 Å². The largest absolute Gasteiger partial charge is 0.336 e. The summed E-state index contributed by atoms with van der Waals surface area (Å²) < 4.78 is 41.3. The van der Waals surface area contributed by atoms with Crippen molar-refractivity contribution in [3.05, 3.63) is 47.2 Å². The number of rotatable bonds is 2. The first-order chi connectivity index (χ1) is 12.5. The number of halogens is 3. The van der Waals surface area contributed by atoms with Crippen LogP contribution in [0.5, 0.6) is 0 Å². The van der Waals surface area contributed by atoms with Crippen molar-refractivity contribution in [3.8, 4) is 11.3 Å². The highest BCUT2D eigenvalue weighted by molar-refractivity contribution is 5.91. The van der Waals surface area contributed by atoms with E-state index in [1.54, 1.807) is 6.07 Å². The Balaban J connectivity index is 1.57. The van der Waals surface area contributed by atoms with Crippen LogP contribution in [0.1, 0.15) is 36.4 Å². The smallest absolute Gasteiger partial charge is 0.235 e. The molecule has 3 aliphatic rings. The Labute approximate surface area is 148 Å². The number of carbonyl (C=O) groups excluding carboxylic acids is 1. The van der Waals surface area contributed by atoms with Crippen LogP contribution in [-0.4, -0.2) is 40.3 Å². The second-order valence-corrected chi connectivity index (χ2v) is 7.46. The molecule has 5 rings (SSSR count). The number of hydrogen-bond acceptors (Lipinski definition) is 3. The third kappa shape index (κ3) is 2.00. The molecule has 2 aromatic rings. The molecular formula is C19H16F3N3O. The molecule has 0 unspecified atom stereocenters. The monoisotopic (exact) mass is 359 g/mol. The summed E-state index contributed by atoms with van der Waals surface area (Å²) in [7, 11) is 0. The van der Waals surface area contributed by atoms with E-state index in [1.807, 2.05) is 0 Å². The lowest BCUT2D eigenvalue weighted by molar-refractivity contribution is -0.144. The highest BCUT2D eigenvalue weighted by atomic mass is 19.1. The second kappa shape index (κ2) is 5.28. The summed E-state index contributed by atoms with van der Waals surface area (Å²) >= 11 is 0. The fourth-order valence-electron chi connectivity index (χ4n) is 4.67. The lowest BCUT2D eigenvalue weighted by Gasteiger charge is -2.40. The minimum atomic E-state index is -0.953. The van der Waals surface area contributed by atoms with Gasteiger partial charge in [-0.25, -0.2) is 13.2 Å². The highest BCUT2D eigenvalue weighted by Gasteiger charge is 2.58. The SMILES string of the molecule is O=C(N1CC(F)C1)[C@@]12CC[C@@H](C1)c1cc(-c3c(F)cccc3F)nnc12. The van der Waals surface area contributed by atoms with Crippen LogP contribution in [0.15, 0.2) is 24.3 Å². The van der Waals surface area contributed by atoms with E-state index >= 15 is 0 Å². The van der Waals surface area contributed by atoms with E-state index in [9.17, 15) is 18.0 Å². The molecule has 1 amide bonds. The molecule has 1 saturated carbocycles. The van der Waals surface area contributed by atoms with E-state index in [1.165, 1.54) is 23.1 Å². The van der Waals surface area contributed by atoms with Crippen molar-refractivity contribution in [2.45, 2.75) is 36.8 Å². The molecule has 0 spiro atoms. The summed E-state index contributed by atoms with van der Waals surface area (Å²) in [6.45, 7) is 0.263. The van der Waals surface area contributed by atoms with Crippen molar-refractivity contribution >= 4 is 5.91 Å². The van der Waals surface area contributed by atoms with Gasteiger partial charge in [-0.15, -0.1) is 5.10 Å². The first kappa shape index (κ1) is 15.8. The fraction of sp³-hybridized carbons (Fsp3) is 0.421. The van der Waals surface area contributed by atoms with E-state index in [4.69, 9.17) is 0 Å². The Hall–Kier alpha value is -2.44. The minimum absolute atomic E-state index is 0.0910. The zero-order chi connectivity index (χ0) is 18.1. The summed E-state index contributed by atoms with van der Waals surface area (Å²) in [6, 6.07) is 5.33. The van der Waals surface area contributed by atoms with E-state index in [0.29, 0.717) is 18.5 Å². The van der Waals surface area contributed by atoms with Gasteiger partial charge >= 0.3 is 0 Å². The molecule has 1 saturated heterocycles. The molecule has 134 valence electrons. The van der Waals surface area contributed by atoms with Gasteiger partial charge in [-0.1, -0.05) is 6.07 Å². The van der Waals surface area contributed by atoms with Crippen molar-refractivity contribution in [1.29, 1.82) is 0 Å². The molecule has 2 bridgehead atoms. The molecule has 2 fully saturated rings. The molecule has 2 heterocycles. The van der Waals surface area contributed by atoms with Gasteiger partial charge < -0.3 is 4.90 Å². The average Bonchev–Trinajstić information content (AvgIpc) is 3.17. The van der Waals surface area contributed by atoms with Crippen molar-refractivity contribution in [1.82, 2.24) is 15.1 Å². The van der Waals surface area contributed by atoms with Crippen LogP contribution in [0.3, 0.4) is 0 Å². The van der Waals surface area contributed by atoms with Crippen molar-refractivity contribution < 1.29 is 18.0 Å². The number of amides is 1. The van der Waals surface area contributed by atoms with Gasteiger partial charge in [0.25, 0.3) is 0 Å². The van der Waals surface area contributed by atoms with Gasteiger partial charge in [0.2, 0.25) is 5.91 Å². The van der Waals surface area contributed by atoms with Crippen LogP contribution in [0.4, 0.5) is 13.2 Å². The minimum Gasteiger partial charge on any atom is -0.336 e. The molecule has 2 atom stereocenters. The standard InChI is InChI=1S/C19H16F3N3O/c20-11-8-25(9-11)18(26)19-5-4-10(7-19)12-6-15(23-24-17(12)19)16-13(21)2-1-3-14(16)22/h1-3,6,10-11H,4-5,7-9H2/t10-,19-/m0/s1. The molecule has 0 radical (unpaired) electrons. The zero-order valence-corrected chi connectivity index (χ0v) is 13.9. The fourth-order valence-corrected chi connectivity index (χ4v) is 4.67. The normalized spacial score (nSPS) is 26.7. The number of benzene rings is 1. The van der Waals surface area contributed by atoms with Crippen LogP contribution in [0.2, 0.25) is 0 Å². The molecule has 1 aliphatic heterocycles. The first-order valence-electron chi connectivity index (χ1n) is 8.75. The van der Waals surface area contributed by atoms with Gasteiger partial charge in [0.15, 0.2) is 0 Å². The van der Waals surface area contributed by atoms with E-state index in [2.05, 4.69) is 10.2 Å². The Bertz CT molecular complexity index is 908. The van der Waals surface area contributed by atoms with Crippen LogP contribution in [0.25, 0.3) is 11.3 Å². The van der Waals surface area contributed by atoms with E-state index < -0.39 is 23.2 Å². The second-order valence-electron chi connectivity index (χ2n) is 7.46. The molecule has 26 heavy (non-hydrogen) atoms. The summed E-state index contributed by atoms with van der Waals surface area (Å²) in [5.74, 6) is -1.35. The zero-order valence-electron chi connectivity index (χ0n) is 13.9. The maximum Gasteiger partial charge on any atom is 0.235 e. The molecule has 1 aromatic carbocycles. The number of carbonyl (C=O) groups is 1. The Morgan fingerprint density at radius 3 is 2.62 bits per heavy atom. The van der Waals surface area contributed by atoms with Gasteiger partial charge in [0, 0.05) is 0 Å². The molecule has 4 nitrogen and oxygen atoms in total. The van der Waals surface area contributed by atoms with Crippen LogP contribution < -0.4 is 0 Å². The number of hydrogen-bond donors (Lipinski definition) is 0. The van der Waals surface area contributed by atoms with Crippen LogP contribution >= 0.6 is 0 Å². The third-order valence-corrected chi connectivity index (χ3v) is 5.98. The summed E-state index contributed by atoms with van der Waals surface area (Å²) in [5.41, 5.74) is 0.631. The number of nitrogens with zero attached hydrogens (tertiary/aromatic N) is 3. The number of alkyl halides is 1. The van der Waals surface area contributed by atoms with Crippen molar-refractivity contribution in [2.75, 3.05) is 13.1 Å². The van der Waals surface area contributed by atoms with Crippen molar-refractivity contribution in [2.24, 2.45) is 0 Å². The number of aromatic nitrogens is 2. The van der Waals surface area contributed by atoms with Gasteiger partial charge in [-0.2, -0.15) is 5.10 Å². The Kier molecular flexibility index (Phi) is 3.21. The quantitative estimate of drug-likeness (QED) is 0.828. The number of fused-ring (bicyclic) bond motifs is 5. The molecule has 1 aromatic heterocycles. The third-order valence-electron chi connectivity index (χ3n) is 5.98.